The number of pyridine rings is 1. The second kappa shape index (κ2) is 3.67. The van der Waals surface area contributed by atoms with Crippen LogP contribution in [0.25, 0.3) is 0 Å². The Bertz CT molecular complexity index is 324. The minimum atomic E-state index is 0.277. The predicted molar refractivity (Wildman–Crippen MR) is 56.3 cm³/mol. The summed E-state index contributed by atoms with van der Waals surface area (Å²) < 4.78 is 0. The molecule has 0 amide bonds. The second-order valence-electron chi connectivity index (χ2n) is 4.25. The largest absolute Gasteiger partial charge is 0.271 e. The van der Waals surface area contributed by atoms with E-state index in [1.165, 1.54) is 17.5 Å². The Labute approximate surface area is 84.7 Å². The highest BCUT2D eigenvalue weighted by Gasteiger charge is 2.40. The summed E-state index contributed by atoms with van der Waals surface area (Å²) in [4.78, 5) is 4.15. The first-order valence-corrected chi connectivity index (χ1v) is 5.10. The van der Waals surface area contributed by atoms with E-state index in [1.807, 2.05) is 18.5 Å². The Kier molecular flexibility index (Phi) is 2.52. The molecule has 1 saturated carbocycles. The molecular weight excluding hydrogens is 174 g/mol. The molecule has 3 nitrogen and oxygen atoms in total. The SMILES string of the molecule is Cc1ccncc1C(NN)C1CC1C. The van der Waals surface area contributed by atoms with Gasteiger partial charge in [0, 0.05) is 12.4 Å². The topological polar surface area (TPSA) is 50.9 Å². The lowest BCUT2D eigenvalue weighted by Crippen LogP contribution is -2.30. The van der Waals surface area contributed by atoms with E-state index in [2.05, 4.69) is 24.3 Å². The molecule has 3 heteroatoms. The molecule has 0 aromatic carbocycles. The lowest BCUT2D eigenvalue weighted by Gasteiger charge is -2.17. The maximum Gasteiger partial charge on any atom is 0.0508 e. The molecule has 1 fully saturated rings. The molecule has 0 radical (unpaired) electrons. The predicted octanol–water partition coefficient (Wildman–Crippen LogP) is 1.55. The van der Waals surface area contributed by atoms with Crippen LogP contribution in [-0.4, -0.2) is 4.98 Å². The zero-order chi connectivity index (χ0) is 10.1. The summed E-state index contributed by atoms with van der Waals surface area (Å²) in [6.07, 6.45) is 5.01. The highest BCUT2D eigenvalue weighted by atomic mass is 15.2. The monoisotopic (exact) mass is 191 g/mol. The zero-order valence-electron chi connectivity index (χ0n) is 8.70. The van der Waals surface area contributed by atoms with Crippen molar-refractivity contribution in [2.24, 2.45) is 17.7 Å². The fraction of sp³-hybridized carbons (Fsp3) is 0.545. The number of hydrogen-bond acceptors (Lipinski definition) is 3. The van der Waals surface area contributed by atoms with Crippen LogP contribution in [0.4, 0.5) is 0 Å². The molecule has 1 aliphatic rings. The fourth-order valence-corrected chi connectivity index (χ4v) is 2.06. The van der Waals surface area contributed by atoms with Gasteiger partial charge in [-0.15, -0.1) is 0 Å². The van der Waals surface area contributed by atoms with Gasteiger partial charge in [-0.05, 0) is 42.4 Å². The summed E-state index contributed by atoms with van der Waals surface area (Å²) in [6, 6.07) is 2.31. The molecule has 0 spiro atoms. The van der Waals surface area contributed by atoms with Crippen LogP contribution in [0, 0.1) is 18.8 Å². The Balaban J connectivity index is 2.23. The number of nitrogens with zero attached hydrogens (tertiary/aromatic N) is 1. The third-order valence-electron chi connectivity index (χ3n) is 3.19. The van der Waals surface area contributed by atoms with Gasteiger partial charge in [0.15, 0.2) is 0 Å². The van der Waals surface area contributed by atoms with E-state index in [-0.39, 0.29) is 6.04 Å². The van der Waals surface area contributed by atoms with Crippen LogP contribution < -0.4 is 11.3 Å². The van der Waals surface area contributed by atoms with Crippen molar-refractivity contribution in [3.63, 3.8) is 0 Å². The van der Waals surface area contributed by atoms with Crippen molar-refractivity contribution in [3.05, 3.63) is 29.6 Å². The summed E-state index contributed by atoms with van der Waals surface area (Å²) in [5, 5.41) is 0. The third kappa shape index (κ3) is 1.65. The quantitative estimate of drug-likeness (QED) is 0.563. The van der Waals surface area contributed by atoms with Gasteiger partial charge in [-0.3, -0.25) is 16.3 Å². The van der Waals surface area contributed by atoms with Gasteiger partial charge in [-0.1, -0.05) is 6.92 Å². The van der Waals surface area contributed by atoms with Gasteiger partial charge in [0.2, 0.25) is 0 Å². The van der Waals surface area contributed by atoms with Crippen molar-refractivity contribution in [3.8, 4) is 0 Å². The third-order valence-corrected chi connectivity index (χ3v) is 3.19. The number of rotatable bonds is 3. The van der Waals surface area contributed by atoms with Gasteiger partial charge >= 0.3 is 0 Å². The lowest BCUT2D eigenvalue weighted by atomic mass is 9.99. The van der Waals surface area contributed by atoms with E-state index < -0.39 is 0 Å². The van der Waals surface area contributed by atoms with Crippen LogP contribution in [0.15, 0.2) is 18.5 Å². The van der Waals surface area contributed by atoms with Crippen LogP contribution in [0.1, 0.15) is 30.5 Å². The molecule has 3 atom stereocenters. The van der Waals surface area contributed by atoms with E-state index >= 15 is 0 Å². The average molecular weight is 191 g/mol. The van der Waals surface area contributed by atoms with Crippen LogP contribution in [-0.2, 0) is 0 Å². The van der Waals surface area contributed by atoms with Gasteiger partial charge in [0.1, 0.15) is 0 Å². The first-order chi connectivity index (χ1) is 6.74. The summed E-state index contributed by atoms with van der Waals surface area (Å²) in [5.74, 6) is 7.07. The second-order valence-corrected chi connectivity index (χ2v) is 4.25. The summed E-state index contributed by atoms with van der Waals surface area (Å²) in [7, 11) is 0. The maximum absolute atomic E-state index is 5.60. The molecule has 76 valence electrons. The Morgan fingerprint density at radius 3 is 2.86 bits per heavy atom. The molecule has 0 aliphatic heterocycles. The smallest absolute Gasteiger partial charge is 0.0508 e. The van der Waals surface area contributed by atoms with Crippen molar-refractivity contribution in [2.75, 3.05) is 0 Å². The maximum atomic E-state index is 5.60. The highest BCUT2D eigenvalue weighted by Crippen LogP contribution is 2.46. The molecule has 14 heavy (non-hydrogen) atoms. The molecule has 3 N–H and O–H groups in total. The van der Waals surface area contributed by atoms with Crippen LogP contribution >= 0.6 is 0 Å². The van der Waals surface area contributed by atoms with Crippen molar-refractivity contribution in [1.29, 1.82) is 0 Å². The number of nitrogens with one attached hydrogen (secondary N) is 1. The van der Waals surface area contributed by atoms with Crippen molar-refractivity contribution in [1.82, 2.24) is 10.4 Å². The normalized spacial score (nSPS) is 27.4. The van der Waals surface area contributed by atoms with Gasteiger partial charge in [0.05, 0.1) is 6.04 Å². The summed E-state index contributed by atoms with van der Waals surface area (Å²) >= 11 is 0. The standard InChI is InChI=1S/C11H17N3/c1-7-3-4-13-6-10(7)11(14-12)9-5-8(9)2/h3-4,6,8-9,11,14H,5,12H2,1-2H3. The van der Waals surface area contributed by atoms with E-state index in [1.54, 1.807) is 0 Å². The number of aryl methyl sites for hydroxylation is 1. The molecule has 1 aliphatic carbocycles. The van der Waals surface area contributed by atoms with E-state index in [9.17, 15) is 0 Å². The molecule has 0 saturated heterocycles. The van der Waals surface area contributed by atoms with Crippen LogP contribution in [0.5, 0.6) is 0 Å². The zero-order valence-corrected chi connectivity index (χ0v) is 8.70. The molecule has 1 heterocycles. The minimum Gasteiger partial charge on any atom is -0.271 e. The van der Waals surface area contributed by atoms with Gasteiger partial charge in [0.25, 0.3) is 0 Å². The fourth-order valence-electron chi connectivity index (χ4n) is 2.06. The van der Waals surface area contributed by atoms with Crippen LogP contribution in [0.3, 0.4) is 0 Å². The van der Waals surface area contributed by atoms with E-state index in [0.717, 1.165) is 5.92 Å². The molecule has 3 unspecified atom stereocenters. The highest BCUT2D eigenvalue weighted by molar-refractivity contribution is 5.26. The first-order valence-electron chi connectivity index (χ1n) is 5.10. The Morgan fingerprint density at radius 2 is 2.36 bits per heavy atom. The lowest BCUT2D eigenvalue weighted by molar-refractivity contribution is 0.472. The number of hydrogen-bond donors (Lipinski definition) is 2. The van der Waals surface area contributed by atoms with Crippen molar-refractivity contribution in [2.45, 2.75) is 26.3 Å². The summed E-state index contributed by atoms with van der Waals surface area (Å²) in [6.45, 7) is 4.37. The number of hydrazine groups is 1. The van der Waals surface area contributed by atoms with E-state index in [4.69, 9.17) is 5.84 Å². The van der Waals surface area contributed by atoms with Crippen LogP contribution in [0.2, 0.25) is 0 Å². The number of nitrogens with two attached hydrogens (primary N) is 1. The minimum absolute atomic E-state index is 0.277. The van der Waals surface area contributed by atoms with Gasteiger partial charge in [-0.25, -0.2) is 0 Å². The Morgan fingerprint density at radius 1 is 1.64 bits per heavy atom. The molecule has 2 rings (SSSR count). The number of aromatic nitrogens is 1. The Hall–Kier alpha value is -0.930. The molecular formula is C11H17N3. The van der Waals surface area contributed by atoms with Crippen molar-refractivity contribution >= 4 is 0 Å². The first kappa shape index (κ1) is 9.62. The molecule has 1 aromatic heterocycles. The van der Waals surface area contributed by atoms with E-state index in [0.29, 0.717) is 5.92 Å². The summed E-state index contributed by atoms with van der Waals surface area (Å²) in [5.41, 5.74) is 5.42. The van der Waals surface area contributed by atoms with Gasteiger partial charge < -0.3 is 0 Å². The molecule has 0 bridgehead atoms. The van der Waals surface area contributed by atoms with Crippen molar-refractivity contribution < 1.29 is 0 Å². The average Bonchev–Trinajstić information content (AvgIpc) is 2.88. The molecule has 1 aromatic rings. The van der Waals surface area contributed by atoms with Gasteiger partial charge in [-0.2, -0.15) is 0 Å².